The SMILES string of the molecule is O=C(Cc1c(Cl)cc(CN2CCCC2)cc1Cl)N1CCN(c2ccc([N+](=O)[O-])cc2)CC1. The lowest BCUT2D eigenvalue weighted by Gasteiger charge is -2.36. The third-order valence-electron chi connectivity index (χ3n) is 6.19. The predicted octanol–water partition coefficient (Wildman–Crippen LogP) is 4.39. The zero-order chi connectivity index (χ0) is 22.7. The minimum absolute atomic E-state index is 0.00411. The summed E-state index contributed by atoms with van der Waals surface area (Å²) in [7, 11) is 0. The van der Waals surface area contributed by atoms with Crippen LogP contribution in [-0.4, -0.2) is 59.9 Å². The second-order valence-electron chi connectivity index (χ2n) is 8.34. The molecule has 7 nitrogen and oxygen atoms in total. The fourth-order valence-electron chi connectivity index (χ4n) is 4.38. The Morgan fingerprint density at radius 3 is 2.09 bits per heavy atom. The van der Waals surface area contributed by atoms with Gasteiger partial charge in [-0.3, -0.25) is 19.8 Å². The summed E-state index contributed by atoms with van der Waals surface area (Å²) in [6, 6.07) is 10.4. The quantitative estimate of drug-likeness (QED) is 0.456. The molecule has 2 aromatic carbocycles. The maximum absolute atomic E-state index is 12.9. The number of anilines is 1. The molecule has 0 aromatic heterocycles. The Hall–Kier alpha value is -2.35. The number of amides is 1. The monoisotopic (exact) mass is 476 g/mol. The van der Waals surface area contributed by atoms with E-state index in [-0.39, 0.29) is 18.0 Å². The highest BCUT2D eigenvalue weighted by atomic mass is 35.5. The van der Waals surface area contributed by atoms with Crippen LogP contribution in [0.5, 0.6) is 0 Å². The molecule has 2 saturated heterocycles. The maximum atomic E-state index is 12.9. The van der Waals surface area contributed by atoms with E-state index in [0.29, 0.717) is 41.8 Å². The van der Waals surface area contributed by atoms with Crippen LogP contribution in [-0.2, 0) is 17.8 Å². The van der Waals surface area contributed by atoms with Gasteiger partial charge in [0.2, 0.25) is 5.91 Å². The molecule has 170 valence electrons. The number of nitro groups is 1. The third kappa shape index (κ3) is 5.34. The average Bonchev–Trinajstić information content (AvgIpc) is 3.29. The molecular weight excluding hydrogens is 451 g/mol. The fourth-order valence-corrected chi connectivity index (χ4v) is 5.04. The lowest BCUT2D eigenvalue weighted by molar-refractivity contribution is -0.384. The van der Waals surface area contributed by atoms with Gasteiger partial charge in [-0.05, 0) is 61.3 Å². The van der Waals surface area contributed by atoms with Gasteiger partial charge in [-0.15, -0.1) is 0 Å². The zero-order valence-corrected chi connectivity index (χ0v) is 19.3. The largest absolute Gasteiger partial charge is 0.368 e. The molecule has 2 heterocycles. The number of carbonyl (C=O) groups excluding carboxylic acids is 1. The fraction of sp³-hybridized carbons (Fsp3) is 0.435. The van der Waals surface area contributed by atoms with Gasteiger partial charge in [-0.2, -0.15) is 0 Å². The molecule has 0 saturated carbocycles. The molecule has 0 spiro atoms. The number of piperazine rings is 1. The molecule has 9 heteroatoms. The van der Waals surface area contributed by atoms with Crippen molar-refractivity contribution < 1.29 is 9.72 Å². The van der Waals surface area contributed by atoms with E-state index in [0.717, 1.165) is 30.9 Å². The molecule has 2 aliphatic rings. The molecule has 0 radical (unpaired) electrons. The summed E-state index contributed by atoms with van der Waals surface area (Å²) in [6.07, 6.45) is 2.64. The van der Waals surface area contributed by atoms with Gasteiger partial charge in [0.25, 0.3) is 5.69 Å². The van der Waals surface area contributed by atoms with Crippen LogP contribution in [0.15, 0.2) is 36.4 Å². The van der Waals surface area contributed by atoms with Crippen molar-refractivity contribution in [2.45, 2.75) is 25.8 Å². The summed E-state index contributed by atoms with van der Waals surface area (Å²) in [5.74, 6) is 0.00411. The molecular formula is C23H26Cl2N4O3. The normalized spacial score (nSPS) is 17.1. The van der Waals surface area contributed by atoms with Crippen molar-refractivity contribution in [3.05, 3.63) is 67.7 Å². The first-order valence-electron chi connectivity index (χ1n) is 10.9. The summed E-state index contributed by atoms with van der Waals surface area (Å²) in [4.78, 5) is 29.7. The van der Waals surface area contributed by atoms with Crippen LogP contribution in [0.1, 0.15) is 24.0 Å². The standard InChI is InChI=1S/C23H26Cl2N4O3/c24-21-13-17(16-26-7-1-2-8-26)14-22(25)20(21)15-23(30)28-11-9-27(10-12-28)18-3-5-19(6-4-18)29(31)32/h3-6,13-14H,1-2,7-12,15-16H2. The first-order valence-corrected chi connectivity index (χ1v) is 11.6. The highest BCUT2D eigenvalue weighted by molar-refractivity contribution is 6.36. The number of halogens is 2. The number of carbonyl (C=O) groups is 1. The Kier molecular flexibility index (Phi) is 7.18. The molecule has 2 aromatic rings. The van der Waals surface area contributed by atoms with Gasteiger partial charge in [-0.25, -0.2) is 0 Å². The van der Waals surface area contributed by atoms with E-state index in [1.807, 2.05) is 17.0 Å². The van der Waals surface area contributed by atoms with E-state index >= 15 is 0 Å². The minimum atomic E-state index is -0.407. The number of hydrogen-bond donors (Lipinski definition) is 0. The number of hydrogen-bond acceptors (Lipinski definition) is 5. The van der Waals surface area contributed by atoms with Crippen LogP contribution in [0, 0.1) is 10.1 Å². The topological polar surface area (TPSA) is 69.9 Å². The molecule has 0 atom stereocenters. The second kappa shape index (κ2) is 10.1. The van der Waals surface area contributed by atoms with Crippen molar-refractivity contribution in [2.75, 3.05) is 44.2 Å². The molecule has 0 bridgehead atoms. The maximum Gasteiger partial charge on any atom is 0.269 e. The molecule has 32 heavy (non-hydrogen) atoms. The summed E-state index contributed by atoms with van der Waals surface area (Å²) < 4.78 is 0. The zero-order valence-electron chi connectivity index (χ0n) is 17.8. The van der Waals surface area contributed by atoms with Crippen molar-refractivity contribution in [1.29, 1.82) is 0 Å². The molecule has 1 amide bonds. The third-order valence-corrected chi connectivity index (χ3v) is 6.87. The molecule has 0 aliphatic carbocycles. The Balaban J connectivity index is 1.34. The lowest BCUT2D eigenvalue weighted by atomic mass is 10.1. The second-order valence-corrected chi connectivity index (χ2v) is 9.15. The van der Waals surface area contributed by atoms with E-state index in [9.17, 15) is 14.9 Å². The summed E-state index contributed by atoms with van der Waals surface area (Å²) in [5.41, 5.74) is 2.75. The van der Waals surface area contributed by atoms with Crippen LogP contribution in [0.2, 0.25) is 10.0 Å². The first-order chi connectivity index (χ1) is 15.4. The number of non-ortho nitro benzene ring substituents is 1. The highest BCUT2D eigenvalue weighted by Crippen LogP contribution is 2.29. The lowest BCUT2D eigenvalue weighted by Crippen LogP contribution is -2.49. The van der Waals surface area contributed by atoms with Crippen LogP contribution in [0.25, 0.3) is 0 Å². The summed E-state index contributed by atoms with van der Waals surface area (Å²) in [5, 5.41) is 11.9. The van der Waals surface area contributed by atoms with Gasteiger partial charge < -0.3 is 9.80 Å². The summed E-state index contributed by atoms with van der Waals surface area (Å²) >= 11 is 13.0. The van der Waals surface area contributed by atoms with Gasteiger partial charge >= 0.3 is 0 Å². The Bertz CT molecular complexity index is 962. The highest BCUT2D eigenvalue weighted by Gasteiger charge is 2.24. The summed E-state index contributed by atoms with van der Waals surface area (Å²) in [6.45, 7) is 5.52. The van der Waals surface area contributed by atoms with E-state index in [1.54, 1.807) is 12.1 Å². The predicted molar refractivity (Wildman–Crippen MR) is 127 cm³/mol. The number of benzene rings is 2. The Morgan fingerprint density at radius 1 is 0.938 bits per heavy atom. The Morgan fingerprint density at radius 2 is 1.53 bits per heavy atom. The first kappa shape index (κ1) is 22.8. The van der Waals surface area contributed by atoms with Gasteiger partial charge in [0, 0.05) is 60.6 Å². The van der Waals surface area contributed by atoms with E-state index in [4.69, 9.17) is 23.2 Å². The number of nitrogens with zero attached hydrogens (tertiary/aromatic N) is 4. The van der Waals surface area contributed by atoms with E-state index in [2.05, 4.69) is 9.80 Å². The molecule has 0 unspecified atom stereocenters. The van der Waals surface area contributed by atoms with Crippen molar-refractivity contribution in [3.63, 3.8) is 0 Å². The van der Waals surface area contributed by atoms with Crippen molar-refractivity contribution >= 4 is 40.5 Å². The molecule has 4 rings (SSSR count). The van der Waals surface area contributed by atoms with E-state index < -0.39 is 4.92 Å². The van der Waals surface area contributed by atoms with Gasteiger partial charge in [0.1, 0.15) is 0 Å². The average molecular weight is 477 g/mol. The van der Waals surface area contributed by atoms with Gasteiger partial charge in [-0.1, -0.05) is 23.2 Å². The smallest absolute Gasteiger partial charge is 0.269 e. The molecule has 2 fully saturated rings. The van der Waals surface area contributed by atoms with Crippen molar-refractivity contribution in [2.24, 2.45) is 0 Å². The molecule has 0 N–H and O–H groups in total. The van der Waals surface area contributed by atoms with Crippen molar-refractivity contribution in [1.82, 2.24) is 9.80 Å². The van der Waals surface area contributed by atoms with Gasteiger partial charge in [0.05, 0.1) is 11.3 Å². The van der Waals surface area contributed by atoms with Gasteiger partial charge in [0.15, 0.2) is 0 Å². The minimum Gasteiger partial charge on any atom is -0.368 e. The van der Waals surface area contributed by atoms with Crippen LogP contribution < -0.4 is 4.90 Å². The number of nitro benzene ring substituents is 1. The van der Waals surface area contributed by atoms with Crippen molar-refractivity contribution in [3.8, 4) is 0 Å². The number of likely N-dealkylation sites (tertiary alicyclic amines) is 1. The Labute approximate surface area is 197 Å². The van der Waals surface area contributed by atoms with Crippen LogP contribution in [0.4, 0.5) is 11.4 Å². The molecule has 2 aliphatic heterocycles. The van der Waals surface area contributed by atoms with E-state index in [1.165, 1.54) is 25.0 Å². The van der Waals surface area contributed by atoms with Crippen LogP contribution >= 0.6 is 23.2 Å². The van der Waals surface area contributed by atoms with Crippen LogP contribution in [0.3, 0.4) is 0 Å². The number of rotatable bonds is 6.